The first kappa shape index (κ1) is 25.9. The van der Waals surface area contributed by atoms with Gasteiger partial charge >= 0.3 is 5.97 Å². The maximum absolute atomic E-state index is 12.6. The number of ether oxygens (including phenoxy) is 2. The third-order valence-corrected chi connectivity index (χ3v) is 6.92. The van der Waals surface area contributed by atoms with E-state index in [0.717, 1.165) is 53.2 Å². The number of rotatable bonds is 7. The molecule has 190 valence electrons. The average Bonchev–Trinajstić information content (AvgIpc) is 3.24. The van der Waals surface area contributed by atoms with Crippen molar-refractivity contribution in [1.82, 2.24) is 4.90 Å². The second kappa shape index (κ2) is 10.1. The normalized spacial score (nSPS) is 14.5. The van der Waals surface area contributed by atoms with Crippen molar-refractivity contribution in [2.45, 2.75) is 72.9 Å². The maximum atomic E-state index is 12.6. The van der Waals surface area contributed by atoms with Crippen molar-refractivity contribution in [2.24, 2.45) is 0 Å². The highest BCUT2D eigenvalue weighted by Crippen LogP contribution is 2.44. The Labute approximate surface area is 214 Å². The standard InChI is InChI=1S/C31H37NO4/c1-19-11-13-23(14-12-19)27-20(2)25-17-32(16-22-9-8-10-24(15-22)35-7)18-26(25)21(3)28(27)29(30(33)34)36-31(4,5)6/h8-15,29H,16-18H2,1-7H3,(H,33,34). The maximum Gasteiger partial charge on any atom is 0.337 e. The van der Waals surface area contributed by atoms with Crippen LogP contribution in [-0.4, -0.2) is 28.7 Å². The molecule has 0 amide bonds. The second-order valence-corrected chi connectivity index (χ2v) is 10.8. The average molecular weight is 488 g/mol. The fraction of sp³-hybridized carbons (Fsp3) is 0.387. The Bertz CT molecular complexity index is 1270. The van der Waals surface area contributed by atoms with Gasteiger partial charge in [-0.1, -0.05) is 42.0 Å². The molecule has 0 spiro atoms. The number of fused-ring (bicyclic) bond motifs is 1. The van der Waals surface area contributed by atoms with Crippen LogP contribution in [0.25, 0.3) is 11.1 Å². The van der Waals surface area contributed by atoms with Crippen LogP contribution in [0.15, 0.2) is 48.5 Å². The van der Waals surface area contributed by atoms with Gasteiger partial charge in [0.25, 0.3) is 0 Å². The molecule has 4 rings (SSSR count). The lowest BCUT2D eigenvalue weighted by atomic mass is 9.83. The quantitative estimate of drug-likeness (QED) is 0.400. The summed E-state index contributed by atoms with van der Waals surface area (Å²) in [6.45, 7) is 14.3. The van der Waals surface area contributed by atoms with Crippen LogP contribution in [0.5, 0.6) is 5.75 Å². The summed E-state index contributed by atoms with van der Waals surface area (Å²) >= 11 is 0. The van der Waals surface area contributed by atoms with Crippen LogP contribution in [0, 0.1) is 20.8 Å². The first-order valence-electron chi connectivity index (χ1n) is 12.5. The Hall–Kier alpha value is -3.15. The predicted octanol–water partition coefficient (Wildman–Crippen LogP) is 6.74. The van der Waals surface area contributed by atoms with Gasteiger partial charge < -0.3 is 14.6 Å². The molecule has 0 saturated carbocycles. The van der Waals surface area contributed by atoms with Gasteiger partial charge in [0.1, 0.15) is 5.75 Å². The van der Waals surface area contributed by atoms with E-state index in [1.54, 1.807) is 7.11 Å². The summed E-state index contributed by atoms with van der Waals surface area (Å²) in [5.41, 5.74) is 9.16. The summed E-state index contributed by atoms with van der Waals surface area (Å²) in [6.07, 6.45) is -1.06. The molecule has 0 saturated heterocycles. The third kappa shape index (κ3) is 5.32. The van der Waals surface area contributed by atoms with Crippen LogP contribution in [0.4, 0.5) is 0 Å². The van der Waals surface area contributed by atoms with Gasteiger partial charge in [-0.15, -0.1) is 0 Å². The molecule has 0 aliphatic carbocycles. The zero-order valence-electron chi connectivity index (χ0n) is 22.4. The van der Waals surface area contributed by atoms with Crippen molar-refractivity contribution in [1.29, 1.82) is 0 Å². The summed E-state index contributed by atoms with van der Waals surface area (Å²) in [5.74, 6) is -0.115. The Morgan fingerprint density at radius 3 is 2.22 bits per heavy atom. The fourth-order valence-corrected chi connectivity index (χ4v) is 5.23. The number of aliphatic carboxylic acids is 1. The summed E-state index contributed by atoms with van der Waals surface area (Å²) in [4.78, 5) is 15.0. The fourth-order valence-electron chi connectivity index (χ4n) is 5.23. The lowest BCUT2D eigenvalue weighted by Crippen LogP contribution is -2.28. The molecule has 3 aromatic rings. The highest BCUT2D eigenvalue weighted by atomic mass is 16.5. The minimum atomic E-state index is -1.06. The second-order valence-electron chi connectivity index (χ2n) is 10.8. The van der Waals surface area contributed by atoms with Gasteiger partial charge in [-0.25, -0.2) is 4.79 Å². The molecule has 0 aromatic heterocycles. The number of carboxylic acid groups (broad SMARTS) is 1. The predicted molar refractivity (Wildman–Crippen MR) is 143 cm³/mol. The topological polar surface area (TPSA) is 59.0 Å². The SMILES string of the molecule is COc1cccc(CN2Cc3c(C)c(-c4ccc(C)cc4)c(C(OC(C)(C)C)C(=O)O)c(C)c3C2)c1. The van der Waals surface area contributed by atoms with E-state index in [4.69, 9.17) is 9.47 Å². The van der Waals surface area contributed by atoms with Gasteiger partial charge in [-0.3, -0.25) is 4.90 Å². The molecule has 5 nitrogen and oxygen atoms in total. The number of carboxylic acids is 1. The van der Waals surface area contributed by atoms with Crippen LogP contribution in [-0.2, 0) is 29.2 Å². The monoisotopic (exact) mass is 487 g/mol. The molecule has 1 unspecified atom stereocenters. The van der Waals surface area contributed by atoms with E-state index in [2.05, 4.69) is 62.1 Å². The molecule has 1 aliphatic heterocycles. The smallest absolute Gasteiger partial charge is 0.337 e. The first-order valence-corrected chi connectivity index (χ1v) is 12.5. The van der Waals surface area contributed by atoms with Gasteiger partial charge in [-0.05, 0) is 92.6 Å². The van der Waals surface area contributed by atoms with E-state index < -0.39 is 17.7 Å². The van der Waals surface area contributed by atoms with Gasteiger partial charge in [0.15, 0.2) is 6.10 Å². The van der Waals surface area contributed by atoms with Gasteiger partial charge in [0, 0.05) is 25.2 Å². The number of benzene rings is 3. The molecular formula is C31H37NO4. The molecule has 1 heterocycles. The van der Waals surface area contributed by atoms with Crippen molar-refractivity contribution < 1.29 is 19.4 Å². The van der Waals surface area contributed by atoms with Crippen molar-refractivity contribution in [3.05, 3.63) is 87.5 Å². The highest BCUT2D eigenvalue weighted by molar-refractivity contribution is 5.84. The Morgan fingerprint density at radius 1 is 1.00 bits per heavy atom. The molecule has 0 fully saturated rings. The first-order chi connectivity index (χ1) is 17.0. The van der Waals surface area contributed by atoms with E-state index in [-0.39, 0.29) is 0 Å². The van der Waals surface area contributed by atoms with Crippen LogP contribution in [0.2, 0.25) is 0 Å². The van der Waals surface area contributed by atoms with Crippen LogP contribution in [0.1, 0.15) is 65.8 Å². The number of carbonyl (C=O) groups is 1. The van der Waals surface area contributed by atoms with Gasteiger partial charge in [-0.2, -0.15) is 0 Å². The number of hydrogen-bond donors (Lipinski definition) is 1. The van der Waals surface area contributed by atoms with Crippen molar-refractivity contribution in [2.75, 3.05) is 7.11 Å². The number of hydrogen-bond acceptors (Lipinski definition) is 4. The van der Waals surface area contributed by atoms with E-state index >= 15 is 0 Å². The molecule has 1 atom stereocenters. The molecule has 0 bridgehead atoms. The Kier molecular flexibility index (Phi) is 7.26. The summed E-state index contributed by atoms with van der Waals surface area (Å²) < 4.78 is 11.6. The number of aryl methyl sites for hydroxylation is 1. The Morgan fingerprint density at radius 2 is 1.64 bits per heavy atom. The van der Waals surface area contributed by atoms with E-state index in [1.165, 1.54) is 22.3 Å². The van der Waals surface area contributed by atoms with Crippen molar-refractivity contribution >= 4 is 5.97 Å². The van der Waals surface area contributed by atoms with E-state index in [9.17, 15) is 9.90 Å². The molecule has 1 N–H and O–H groups in total. The summed E-state index contributed by atoms with van der Waals surface area (Å²) in [7, 11) is 1.68. The van der Waals surface area contributed by atoms with Crippen molar-refractivity contribution in [3.63, 3.8) is 0 Å². The van der Waals surface area contributed by atoms with Crippen molar-refractivity contribution in [3.8, 4) is 16.9 Å². The van der Waals surface area contributed by atoms with Crippen LogP contribution < -0.4 is 4.74 Å². The van der Waals surface area contributed by atoms with Crippen LogP contribution >= 0.6 is 0 Å². The highest BCUT2D eigenvalue weighted by Gasteiger charge is 2.35. The number of methoxy groups -OCH3 is 1. The largest absolute Gasteiger partial charge is 0.497 e. The van der Waals surface area contributed by atoms with E-state index in [0.29, 0.717) is 0 Å². The molecule has 0 radical (unpaired) electrons. The lowest BCUT2D eigenvalue weighted by Gasteiger charge is -2.30. The minimum Gasteiger partial charge on any atom is -0.497 e. The number of nitrogens with zero attached hydrogens (tertiary/aromatic N) is 1. The summed E-state index contributed by atoms with van der Waals surface area (Å²) in [6, 6.07) is 16.5. The van der Waals surface area contributed by atoms with E-state index in [1.807, 2.05) is 32.9 Å². The molecule has 5 heteroatoms. The summed E-state index contributed by atoms with van der Waals surface area (Å²) in [5, 5.41) is 10.3. The zero-order chi connectivity index (χ0) is 26.2. The van der Waals surface area contributed by atoms with Gasteiger partial charge in [0.2, 0.25) is 0 Å². The Balaban J connectivity index is 1.84. The lowest BCUT2D eigenvalue weighted by molar-refractivity contribution is -0.160. The third-order valence-electron chi connectivity index (χ3n) is 6.92. The molecule has 3 aromatic carbocycles. The van der Waals surface area contributed by atoms with Crippen LogP contribution in [0.3, 0.4) is 0 Å². The molecule has 1 aliphatic rings. The van der Waals surface area contributed by atoms with Gasteiger partial charge in [0.05, 0.1) is 12.7 Å². The molecular weight excluding hydrogens is 450 g/mol. The molecule has 36 heavy (non-hydrogen) atoms. The zero-order valence-corrected chi connectivity index (χ0v) is 22.4. The minimum absolute atomic E-state index is 0.606.